The number of nitrogens with one attached hydrogen (secondary N) is 1. The average Bonchev–Trinajstić information content (AvgIpc) is 1.62. The molecule has 1 rings (SSSR count). The normalized spacial score (nSPS) is 22.8. The van der Waals surface area contributed by atoms with E-state index in [0.29, 0.717) is 11.5 Å². The summed E-state index contributed by atoms with van der Waals surface area (Å²) in [5, 5.41) is 11.4. The van der Waals surface area contributed by atoms with Crippen LogP contribution in [0.15, 0.2) is 0 Å². The number of hydrogen-bond acceptors (Lipinski definition) is 3. The van der Waals surface area contributed by atoms with Gasteiger partial charge in [0, 0.05) is 11.5 Å². The van der Waals surface area contributed by atoms with Gasteiger partial charge < -0.3 is 10.4 Å². The molecule has 0 saturated carbocycles. The first kappa shape index (κ1) is 6.89. The van der Waals surface area contributed by atoms with E-state index in [1.54, 1.807) is 18.8 Å². The van der Waals surface area contributed by atoms with E-state index >= 15 is 0 Å². The van der Waals surface area contributed by atoms with Crippen LogP contribution in [0.25, 0.3) is 0 Å². The van der Waals surface area contributed by atoms with Crippen molar-refractivity contribution in [2.45, 2.75) is 5.54 Å². The summed E-state index contributed by atoms with van der Waals surface area (Å²) in [5.74, 6) is 0.654. The maximum absolute atomic E-state index is 10.5. The van der Waals surface area contributed by atoms with Gasteiger partial charge in [-0.3, -0.25) is 4.79 Å². The molecule has 9 heavy (non-hydrogen) atoms. The molecule has 1 fully saturated rings. The zero-order valence-electron chi connectivity index (χ0n) is 5.18. The number of rotatable bonds is 2. The van der Waals surface area contributed by atoms with Gasteiger partial charge in [0.2, 0.25) is 0 Å². The number of carboxylic acid groups (broad SMARTS) is 1. The van der Waals surface area contributed by atoms with E-state index in [1.165, 1.54) is 0 Å². The summed E-state index contributed by atoms with van der Waals surface area (Å²) in [6.45, 7) is 0. The van der Waals surface area contributed by atoms with Crippen molar-refractivity contribution >= 4 is 17.7 Å². The zero-order chi connectivity index (χ0) is 6.91. The van der Waals surface area contributed by atoms with Crippen LogP contribution in [0.2, 0.25) is 0 Å². The van der Waals surface area contributed by atoms with Crippen LogP contribution >= 0.6 is 11.8 Å². The maximum Gasteiger partial charge on any atom is 0.325 e. The lowest BCUT2D eigenvalue weighted by Gasteiger charge is -2.36. The van der Waals surface area contributed by atoms with Gasteiger partial charge >= 0.3 is 5.97 Å². The molecular weight excluding hydrogens is 138 g/mol. The van der Waals surface area contributed by atoms with Crippen molar-refractivity contribution in [1.82, 2.24) is 5.32 Å². The third-order valence-electron chi connectivity index (χ3n) is 1.58. The second-order valence-electron chi connectivity index (χ2n) is 2.13. The summed E-state index contributed by atoms with van der Waals surface area (Å²) in [7, 11) is 1.69. The van der Waals surface area contributed by atoms with E-state index in [0.717, 1.165) is 0 Å². The van der Waals surface area contributed by atoms with Crippen LogP contribution in [0.4, 0.5) is 0 Å². The van der Waals surface area contributed by atoms with Gasteiger partial charge in [0.25, 0.3) is 0 Å². The van der Waals surface area contributed by atoms with Gasteiger partial charge in [-0.15, -0.1) is 0 Å². The average molecular weight is 147 g/mol. The number of aliphatic carboxylic acids is 1. The van der Waals surface area contributed by atoms with E-state index < -0.39 is 11.5 Å². The first-order chi connectivity index (χ1) is 4.21. The monoisotopic (exact) mass is 147 g/mol. The smallest absolute Gasteiger partial charge is 0.325 e. The Labute approximate surface area is 57.8 Å². The van der Waals surface area contributed by atoms with Crippen LogP contribution in [0.1, 0.15) is 0 Å². The Bertz CT molecular complexity index is 127. The summed E-state index contributed by atoms with van der Waals surface area (Å²) in [6, 6.07) is 0. The molecule has 1 heterocycles. The fourth-order valence-corrected chi connectivity index (χ4v) is 1.83. The van der Waals surface area contributed by atoms with Crippen molar-refractivity contribution in [3.05, 3.63) is 0 Å². The topological polar surface area (TPSA) is 49.3 Å². The second-order valence-corrected chi connectivity index (χ2v) is 3.12. The highest BCUT2D eigenvalue weighted by molar-refractivity contribution is 8.01. The number of carboxylic acids is 1. The Hall–Kier alpha value is -0.220. The molecular formula is C5H9NO2S. The minimum Gasteiger partial charge on any atom is -0.480 e. The van der Waals surface area contributed by atoms with Gasteiger partial charge in [-0.05, 0) is 7.05 Å². The molecule has 0 unspecified atom stereocenters. The van der Waals surface area contributed by atoms with Crippen molar-refractivity contribution in [2.24, 2.45) is 0 Å². The van der Waals surface area contributed by atoms with Gasteiger partial charge in [0.15, 0.2) is 0 Å². The standard InChI is InChI=1S/C5H9NO2S/c1-6-5(4(7)8)2-9-3-5/h6H,2-3H2,1H3,(H,7,8). The molecule has 1 aliphatic rings. The molecule has 0 aliphatic carbocycles. The van der Waals surface area contributed by atoms with E-state index in [2.05, 4.69) is 5.32 Å². The fraction of sp³-hybridized carbons (Fsp3) is 0.800. The zero-order valence-corrected chi connectivity index (χ0v) is 5.99. The van der Waals surface area contributed by atoms with E-state index in [1.807, 2.05) is 0 Å². The van der Waals surface area contributed by atoms with Crippen LogP contribution < -0.4 is 5.32 Å². The second kappa shape index (κ2) is 2.19. The lowest BCUT2D eigenvalue weighted by Crippen LogP contribution is -2.60. The minimum atomic E-state index is -0.733. The Morgan fingerprint density at radius 2 is 2.33 bits per heavy atom. The van der Waals surface area contributed by atoms with Crippen LogP contribution in [-0.4, -0.2) is 35.2 Å². The molecule has 0 atom stereocenters. The van der Waals surface area contributed by atoms with Crippen LogP contribution in [0, 0.1) is 0 Å². The predicted molar refractivity (Wildman–Crippen MR) is 36.8 cm³/mol. The van der Waals surface area contributed by atoms with Crippen LogP contribution in [0.5, 0.6) is 0 Å². The minimum absolute atomic E-state index is 0.606. The molecule has 1 aliphatic heterocycles. The number of thioether (sulfide) groups is 1. The molecule has 0 spiro atoms. The largest absolute Gasteiger partial charge is 0.480 e. The molecule has 0 aromatic carbocycles. The Kier molecular flexibility index (Phi) is 1.68. The number of likely N-dealkylation sites (N-methyl/N-ethyl adjacent to an activating group) is 1. The van der Waals surface area contributed by atoms with Crippen LogP contribution in [-0.2, 0) is 4.79 Å². The van der Waals surface area contributed by atoms with Crippen molar-refractivity contribution in [2.75, 3.05) is 18.6 Å². The molecule has 0 aromatic heterocycles. The molecule has 2 N–H and O–H groups in total. The van der Waals surface area contributed by atoms with Crippen molar-refractivity contribution in [3.8, 4) is 0 Å². The quantitative estimate of drug-likeness (QED) is 0.566. The molecule has 0 amide bonds. The first-order valence-corrected chi connectivity index (χ1v) is 3.87. The van der Waals surface area contributed by atoms with Gasteiger partial charge in [-0.25, -0.2) is 0 Å². The highest BCUT2D eigenvalue weighted by Crippen LogP contribution is 2.28. The lowest BCUT2D eigenvalue weighted by molar-refractivity contribution is -0.143. The number of carbonyl (C=O) groups is 1. The van der Waals surface area contributed by atoms with Crippen LogP contribution in [0.3, 0.4) is 0 Å². The fourth-order valence-electron chi connectivity index (χ4n) is 0.681. The Morgan fingerprint density at radius 3 is 2.33 bits per heavy atom. The molecule has 1 saturated heterocycles. The summed E-state index contributed by atoms with van der Waals surface area (Å²) >= 11 is 1.65. The predicted octanol–water partition coefficient (Wildman–Crippen LogP) is -0.224. The maximum atomic E-state index is 10.5. The molecule has 0 bridgehead atoms. The summed E-state index contributed by atoms with van der Waals surface area (Å²) < 4.78 is 0. The van der Waals surface area contributed by atoms with Crippen molar-refractivity contribution < 1.29 is 9.90 Å². The van der Waals surface area contributed by atoms with Gasteiger partial charge in [-0.2, -0.15) is 11.8 Å². The Balaban J connectivity index is 2.57. The summed E-state index contributed by atoms with van der Waals surface area (Å²) in [4.78, 5) is 10.5. The van der Waals surface area contributed by atoms with E-state index in [4.69, 9.17) is 5.11 Å². The summed E-state index contributed by atoms with van der Waals surface area (Å²) in [5.41, 5.74) is -0.606. The third-order valence-corrected chi connectivity index (χ3v) is 2.98. The van der Waals surface area contributed by atoms with Gasteiger partial charge in [0.05, 0.1) is 0 Å². The van der Waals surface area contributed by atoms with Gasteiger partial charge in [-0.1, -0.05) is 0 Å². The Morgan fingerprint density at radius 1 is 1.78 bits per heavy atom. The van der Waals surface area contributed by atoms with E-state index in [9.17, 15) is 4.79 Å². The summed E-state index contributed by atoms with van der Waals surface area (Å²) in [6.07, 6.45) is 0. The molecule has 4 heteroatoms. The lowest BCUT2D eigenvalue weighted by atomic mass is 10.1. The first-order valence-electron chi connectivity index (χ1n) is 2.71. The number of hydrogen-bond donors (Lipinski definition) is 2. The molecule has 52 valence electrons. The molecule has 3 nitrogen and oxygen atoms in total. The highest BCUT2D eigenvalue weighted by Gasteiger charge is 2.43. The van der Waals surface area contributed by atoms with Gasteiger partial charge in [0.1, 0.15) is 5.54 Å². The van der Waals surface area contributed by atoms with Crippen molar-refractivity contribution in [1.29, 1.82) is 0 Å². The SMILES string of the molecule is CNC1(C(=O)O)CSC1. The molecule has 0 radical (unpaired) electrons. The third kappa shape index (κ3) is 0.923. The highest BCUT2D eigenvalue weighted by atomic mass is 32.2. The molecule has 0 aromatic rings. The van der Waals surface area contributed by atoms with Crippen molar-refractivity contribution in [3.63, 3.8) is 0 Å². The van der Waals surface area contributed by atoms with E-state index in [-0.39, 0.29) is 0 Å².